The fourth-order valence-electron chi connectivity index (χ4n) is 3.24. The highest BCUT2D eigenvalue weighted by Gasteiger charge is 2.24. The van der Waals surface area contributed by atoms with Crippen LogP contribution in [0.25, 0.3) is 0 Å². The van der Waals surface area contributed by atoms with Crippen LogP contribution in [0.1, 0.15) is 37.2 Å². The van der Waals surface area contributed by atoms with Gasteiger partial charge in [-0.25, -0.2) is 19.9 Å². The van der Waals surface area contributed by atoms with E-state index in [1.54, 1.807) is 18.5 Å². The number of hydrogen-bond donors (Lipinski definition) is 0. The van der Waals surface area contributed by atoms with E-state index >= 15 is 0 Å². The largest absolute Gasteiger partial charge is 0.357 e. The van der Waals surface area contributed by atoms with E-state index in [1.807, 2.05) is 11.0 Å². The number of carbonyl (C=O) groups is 1. The van der Waals surface area contributed by atoms with E-state index in [9.17, 15) is 4.79 Å². The third-order valence-electron chi connectivity index (χ3n) is 4.58. The smallest absolute Gasteiger partial charge is 0.272 e. The van der Waals surface area contributed by atoms with Crippen LogP contribution in [-0.2, 0) is 0 Å². The summed E-state index contributed by atoms with van der Waals surface area (Å²) < 4.78 is 0. The third kappa shape index (κ3) is 4.69. The Balaban J connectivity index is 1.65. The number of carbonyl (C=O) groups excluding carboxylic acids is 1. The molecule has 8 nitrogen and oxygen atoms in total. The van der Waals surface area contributed by atoms with E-state index < -0.39 is 0 Å². The fourth-order valence-corrected chi connectivity index (χ4v) is 3.24. The van der Waals surface area contributed by atoms with Crippen molar-refractivity contribution in [2.45, 2.75) is 26.7 Å². The second-order valence-electron chi connectivity index (χ2n) is 6.58. The van der Waals surface area contributed by atoms with Gasteiger partial charge in [0.15, 0.2) is 0 Å². The first-order chi connectivity index (χ1) is 13.2. The van der Waals surface area contributed by atoms with Crippen molar-refractivity contribution in [1.82, 2.24) is 24.8 Å². The molecule has 1 aliphatic rings. The Morgan fingerprint density at radius 1 is 1.00 bits per heavy atom. The number of hydrogen-bond acceptors (Lipinski definition) is 7. The summed E-state index contributed by atoms with van der Waals surface area (Å²) in [4.78, 5) is 36.2. The minimum Gasteiger partial charge on any atom is -0.357 e. The lowest BCUT2D eigenvalue weighted by Gasteiger charge is -2.34. The van der Waals surface area contributed by atoms with Crippen molar-refractivity contribution >= 4 is 17.7 Å². The first kappa shape index (κ1) is 19.0. The van der Waals surface area contributed by atoms with Gasteiger partial charge in [-0.1, -0.05) is 13.8 Å². The van der Waals surface area contributed by atoms with Crippen LogP contribution >= 0.6 is 0 Å². The molecule has 3 rings (SSSR count). The molecule has 0 atom stereocenters. The highest BCUT2D eigenvalue weighted by Crippen LogP contribution is 2.16. The molecular formula is C19H27N7O. The monoisotopic (exact) mass is 369 g/mol. The molecule has 2 aromatic heterocycles. The summed E-state index contributed by atoms with van der Waals surface area (Å²) in [5, 5.41) is 0. The van der Waals surface area contributed by atoms with Crippen LogP contribution in [0.5, 0.6) is 0 Å². The number of nitrogens with zero attached hydrogens (tertiary/aromatic N) is 7. The molecule has 1 saturated heterocycles. The molecular weight excluding hydrogens is 342 g/mol. The topological polar surface area (TPSA) is 78.4 Å². The normalized spacial score (nSPS) is 14.3. The number of rotatable bonds is 7. The highest BCUT2D eigenvalue weighted by molar-refractivity contribution is 5.93. The number of piperazine rings is 1. The molecule has 8 heteroatoms. The summed E-state index contributed by atoms with van der Waals surface area (Å²) in [5.74, 6) is 1.50. The van der Waals surface area contributed by atoms with Crippen molar-refractivity contribution in [3.05, 3.63) is 36.5 Å². The Bertz CT molecular complexity index is 726. The van der Waals surface area contributed by atoms with Gasteiger partial charge in [0.05, 0.1) is 0 Å². The molecule has 1 amide bonds. The number of aromatic nitrogens is 4. The van der Waals surface area contributed by atoms with Crippen LogP contribution in [0, 0.1) is 0 Å². The van der Waals surface area contributed by atoms with Gasteiger partial charge in [0, 0.05) is 57.7 Å². The molecule has 0 saturated carbocycles. The van der Waals surface area contributed by atoms with Crippen LogP contribution in [0.3, 0.4) is 0 Å². The SMILES string of the molecule is CCCN(CCC)c1cc(C(=O)N2CCN(c3ncccn3)CC2)ncn1. The second kappa shape index (κ2) is 9.25. The zero-order valence-electron chi connectivity index (χ0n) is 16.1. The molecule has 0 spiro atoms. The maximum absolute atomic E-state index is 12.9. The number of anilines is 2. The molecule has 0 aromatic carbocycles. The molecule has 27 heavy (non-hydrogen) atoms. The van der Waals surface area contributed by atoms with Crippen molar-refractivity contribution in [2.24, 2.45) is 0 Å². The molecule has 0 aliphatic carbocycles. The predicted octanol–water partition coefficient (Wildman–Crippen LogP) is 1.86. The Labute approximate surface area is 160 Å². The average Bonchev–Trinajstić information content (AvgIpc) is 2.74. The summed E-state index contributed by atoms with van der Waals surface area (Å²) in [7, 11) is 0. The van der Waals surface area contributed by atoms with Gasteiger partial charge in [-0.3, -0.25) is 4.79 Å². The summed E-state index contributed by atoms with van der Waals surface area (Å²) in [5.41, 5.74) is 0.460. The predicted molar refractivity (Wildman–Crippen MR) is 105 cm³/mol. The second-order valence-corrected chi connectivity index (χ2v) is 6.58. The van der Waals surface area contributed by atoms with Crippen molar-refractivity contribution in [3.63, 3.8) is 0 Å². The minimum atomic E-state index is -0.0415. The molecule has 0 radical (unpaired) electrons. The zero-order valence-corrected chi connectivity index (χ0v) is 16.1. The Morgan fingerprint density at radius 3 is 2.30 bits per heavy atom. The Kier molecular flexibility index (Phi) is 6.51. The van der Waals surface area contributed by atoms with Gasteiger partial charge in [0.1, 0.15) is 17.8 Å². The van der Waals surface area contributed by atoms with E-state index in [2.05, 4.69) is 43.6 Å². The molecule has 1 fully saturated rings. The molecule has 0 unspecified atom stereocenters. The van der Waals surface area contributed by atoms with Crippen LogP contribution in [0.4, 0.5) is 11.8 Å². The summed E-state index contributed by atoms with van der Waals surface area (Å²) in [6.45, 7) is 8.82. The minimum absolute atomic E-state index is 0.0415. The van der Waals surface area contributed by atoms with Gasteiger partial charge in [0.2, 0.25) is 5.95 Å². The molecule has 1 aliphatic heterocycles. The van der Waals surface area contributed by atoms with E-state index in [4.69, 9.17) is 0 Å². The lowest BCUT2D eigenvalue weighted by atomic mass is 10.2. The fraction of sp³-hybridized carbons (Fsp3) is 0.526. The van der Waals surface area contributed by atoms with Gasteiger partial charge in [-0.05, 0) is 18.9 Å². The van der Waals surface area contributed by atoms with Crippen molar-refractivity contribution in [3.8, 4) is 0 Å². The average molecular weight is 369 g/mol. The van der Waals surface area contributed by atoms with Gasteiger partial charge >= 0.3 is 0 Å². The van der Waals surface area contributed by atoms with E-state index in [-0.39, 0.29) is 5.91 Å². The van der Waals surface area contributed by atoms with Crippen LogP contribution < -0.4 is 9.80 Å². The van der Waals surface area contributed by atoms with Crippen LogP contribution in [0.2, 0.25) is 0 Å². The van der Waals surface area contributed by atoms with Crippen LogP contribution in [0.15, 0.2) is 30.9 Å². The van der Waals surface area contributed by atoms with Crippen molar-refractivity contribution < 1.29 is 4.79 Å². The highest BCUT2D eigenvalue weighted by atomic mass is 16.2. The van der Waals surface area contributed by atoms with Crippen LogP contribution in [-0.4, -0.2) is 70.0 Å². The standard InChI is InChI=1S/C19H27N7O/c1-3-8-24(9-4-2)17-14-16(22-15-23-17)18(27)25-10-12-26(13-11-25)19-20-6-5-7-21-19/h5-7,14-15H,3-4,8-13H2,1-2H3. The Hall–Kier alpha value is -2.77. The molecule has 144 valence electrons. The van der Waals surface area contributed by atoms with Gasteiger partial charge in [0.25, 0.3) is 5.91 Å². The van der Waals surface area contributed by atoms with Gasteiger partial charge < -0.3 is 14.7 Å². The lowest BCUT2D eigenvalue weighted by molar-refractivity contribution is 0.0740. The summed E-state index contributed by atoms with van der Waals surface area (Å²) in [6.07, 6.45) is 7.05. The Morgan fingerprint density at radius 2 is 1.67 bits per heavy atom. The number of amides is 1. The maximum atomic E-state index is 12.9. The molecule has 3 heterocycles. The molecule has 0 N–H and O–H groups in total. The summed E-state index contributed by atoms with van der Waals surface area (Å²) >= 11 is 0. The van der Waals surface area contributed by atoms with Gasteiger partial charge in [-0.15, -0.1) is 0 Å². The molecule has 2 aromatic rings. The molecule has 0 bridgehead atoms. The van der Waals surface area contributed by atoms with E-state index in [0.717, 1.165) is 31.7 Å². The summed E-state index contributed by atoms with van der Waals surface area (Å²) in [6, 6.07) is 3.62. The van der Waals surface area contributed by atoms with Crippen molar-refractivity contribution in [1.29, 1.82) is 0 Å². The van der Waals surface area contributed by atoms with E-state index in [1.165, 1.54) is 6.33 Å². The zero-order chi connectivity index (χ0) is 19.1. The van der Waals surface area contributed by atoms with Gasteiger partial charge in [-0.2, -0.15) is 0 Å². The maximum Gasteiger partial charge on any atom is 0.272 e. The van der Waals surface area contributed by atoms with E-state index in [0.29, 0.717) is 37.8 Å². The first-order valence-electron chi connectivity index (χ1n) is 9.61. The van der Waals surface area contributed by atoms with Crippen molar-refractivity contribution in [2.75, 3.05) is 49.1 Å². The quantitative estimate of drug-likeness (QED) is 0.737. The first-order valence-corrected chi connectivity index (χ1v) is 9.61. The third-order valence-corrected chi connectivity index (χ3v) is 4.58. The lowest BCUT2D eigenvalue weighted by Crippen LogP contribution is -2.49.